The first kappa shape index (κ1) is 21.9. The topological polar surface area (TPSA) is 84.7 Å². The van der Waals surface area contributed by atoms with Gasteiger partial charge in [0.15, 0.2) is 5.78 Å². The van der Waals surface area contributed by atoms with Crippen LogP contribution in [0.1, 0.15) is 34.0 Å². The minimum absolute atomic E-state index is 0.123. The highest BCUT2D eigenvalue weighted by molar-refractivity contribution is 5.97. The molecular formula is C25H27N3O4. The van der Waals surface area contributed by atoms with E-state index in [2.05, 4.69) is 10.00 Å². The smallest absolute Gasteiger partial charge is 0.270 e. The van der Waals surface area contributed by atoms with E-state index in [0.29, 0.717) is 37.4 Å². The van der Waals surface area contributed by atoms with Crippen molar-refractivity contribution >= 4 is 5.78 Å². The van der Waals surface area contributed by atoms with Gasteiger partial charge in [-0.1, -0.05) is 55.5 Å². The molecule has 0 aliphatic carbocycles. The minimum Gasteiger partial charge on any atom is -0.487 e. The lowest BCUT2D eigenvalue weighted by Crippen LogP contribution is -2.49. The van der Waals surface area contributed by atoms with E-state index in [1.165, 1.54) is 12.3 Å². The number of aliphatic hydroxyl groups excluding tert-OH is 1. The van der Waals surface area contributed by atoms with Crippen molar-refractivity contribution in [3.8, 4) is 5.75 Å². The van der Waals surface area contributed by atoms with Gasteiger partial charge < -0.3 is 9.84 Å². The molecule has 0 radical (unpaired) electrons. The minimum atomic E-state index is -0.380. The standard InChI is InChI=1S/C25H27N3O4/c1-2-20-10-19(13-27-14-21(29)15-27)8-9-23(20)24(30)16-28-25(31)11-22(12-26-28)32-17-18-6-4-3-5-7-18/h3-12,21,29H,2,13-17H2,1H3. The van der Waals surface area contributed by atoms with Crippen LogP contribution in [0.2, 0.25) is 0 Å². The molecule has 7 heteroatoms. The number of aryl methyl sites for hydroxylation is 1. The molecule has 1 N–H and O–H groups in total. The van der Waals surface area contributed by atoms with E-state index in [1.807, 2.05) is 55.5 Å². The second-order valence-corrected chi connectivity index (χ2v) is 8.08. The summed E-state index contributed by atoms with van der Waals surface area (Å²) in [5, 5.41) is 13.6. The number of ether oxygens (including phenoxy) is 1. The quantitative estimate of drug-likeness (QED) is 0.522. The van der Waals surface area contributed by atoms with Crippen molar-refractivity contribution in [2.75, 3.05) is 13.1 Å². The fourth-order valence-corrected chi connectivity index (χ4v) is 3.82. The van der Waals surface area contributed by atoms with Gasteiger partial charge in [-0.2, -0.15) is 5.10 Å². The van der Waals surface area contributed by atoms with Gasteiger partial charge >= 0.3 is 0 Å². The number of benzene rings is 2. The first-order chi connectivity index (χ1) is 15.5. The van der Waals surface area contributed by atoms with Crippen LogP contribution in [0.15, 0.2) is 65.6 Å². The van der Waals surface area contributed by atoms with Crippen LogP contribution >= 0.6 is 0 Å². The summed E-state index contributed by atoms with van der Waals surface area (Å²) in [4.78, 5) is 27.5. The summed E-state index contributed by atoms with van der Waals surface area (Å²) < 4.78 is 6.80. The van der Waals surface area contributed by atoms with Gasteiger partial charge in [0, 0.05) is 31.3 Å². The van der Waals surface area contributed by atoms with Crippen LogP contribution in [-0.4, -0.2) is 44.8 Å². The number of hydrogen-bond acceptors (Lipinski definition) is 6. The second kappa shape index (κ2) is 9.89. The SMILES string of the molecule is CCc1cc(CN2CC(O)C2)ccc1C(=O)Cn1ncc(OCc2ccccc2)cc1=O. The molecule has 1 fully saturated rings. The number of β-amino-alcohol motifs (C(OH)–C–C–N with tert-alkyl or cyclic N) is 1. The summed E-state index contributed by atoms with van der Waals surface area (Å²) in [6, 6.07) is 16.8. The molecule has 0 atom stereocenters. The monoisotopic (exact) mass is 433 g/mol. The highest BCUT2D eigenvalue weighted by atomic mass is 16.5. The molecule has 32 heavy (non-hydrogen) atoms. The van der Waals surface area contributed by atoms with Gasteiger partial charge in [-0.05, 0) is 23.1 Å². The number of aliphatic hydroxyl groups is 1. The number of likely N-dealkylation sites (tertiary alicyclic amines) is 1. The average Bonchev–Trinajstić information content (AvgIpc) is 2.78. The molecular weight excluding hydrogens is 406 g/mol. The van der Waals surface area contributed by atoms with E-state index in [0.717, 1.165) is 27.9 Å². The normalized spacial score (nSPS) is 14.2. The molecule has 0 spiro atoms. The van der Waals surface area contributed by atoms with Crippen LogP contribution in [0.5, 0.6) is 5.75 Å². The van der Waals surface area contributed by atoms with Crippen LogP contribution in [0.25, 0.3) is 0 Å². The van der Waals surface area contributed by atoms with Crippen LogP contribution < -0.4 is 10.3 Å². The van der Waals surface area contributed by atoms with Gasteiger partial charge in [-0.25, -0.2) is 4.68 Å². The van der Waals surface area contributed by atoms with Crippen molar-refractivity contribution < 1.29 is 14.6 Å². The van der Waals surface area contributed by atoms with Crippen molar-refractivity contribution in [2.24, 2.45) is 0 Å². The van der Waals surface area contributed by atoms with Gasteiger partial charge in [0.05, 0.1) is 12.3 Å². The summed E-state index contributed by atoms with van der Waals surface area (Å²) in [6.45, 7) is 4.34. The number of hydrogen-bond donors (Lipinski definition) is 1. The Kier molecular flexibility index (Phi) is 6.78. The van der Waals surface area contributed by atoms with E-state index in [4.69, 9.17) is 4.74 Å². The molecule has 7 nitrogen and oxygen atoms in total. The van der Waals surface area contributed by atoms with Crippen LogP contribution in [0, 0.1) is 0 Å². The second-order valence-electron chi connectivity index (χ2n) is 8.08. The van der Waals surface area contributed by atoms with Gasteiger partial charge in [-0.3, -0.25) is 14.5 Å². The maximum Gasteiger partial charge on any atom is 0.270 e. The Labute approximate surface area is 186 Å². The van der Waals surface area contributed by atoms with E-state index < -0.39 is 0 Å². The van der Waals surface area contributed by atoms with Crippen molar-refractivity contribution in [1.29, 1.82) is 0 Å². The number of aromatic nitrogens is 2. The molecule has 0 bridgehead atoms. The summed E-state index contributed by atoms with van der Waals surface area (Å²) >= 11 is 0. The molecule has 166 valence electrons. The molecule has 2 heterocycles. The third-order valence-corrected chi connectivity index (χ3v) is 5.58. The predicted octanol–water partition coefficient (Wildman–Crippen LogP) is 2.44. The highest BCUT2D eigenvalue weighted by Crippen LogP contribution is 2.18. The molecule has 3 aromatic rings. The van der Waals surface area contributed by atoms with E-state index in [-0.39, 0.29) is 24.0 Å². The molecule has 1 aromatic heterocycles. The third-order valence-electron chi connectivity index (χ3n) is 5.58. The van der Waals surface area contributed by atoms with Gasteiger partial charge in [-0.15, -0.1) is 0 Å². The first-order valence-corrected chi connectivity index (χ1v) is 10.8. The Hall–Kier alpha value is -3.29. The Bertz CT molecular complexity index is 1140. The number of rotatable bonds is 9. The van der Waals surface area contributed by atoms with Gasteiger partial charge in [0.2, 0.25) is 0 Å². The largest absolute Gasteiger partial charge is 0.487 e. The number of ketones is 1. The molecule has 1 saturated heterocycles. The van der Waals surface area contributed by atoms with Crippen LogP contribution in [0.4, 0.5) is 0 Å². The van der Waals surface area contributed by atoms with Crippen molar-refractivity contribution in [2.45, 2.75) is 39.1 Å². The summed E-state index contributed by atoms with van der Waals surface area (Å²) in [6.07, 6.45) is 1.94. The highest BCUT2D eigenvalue weighted by Gasteiger charge is 2.24. The van der Waals surface area contributed by atoms with Gasteiger partial charge in [0.25, 0.3) is 5.56 Å². The van der Waals surface area contributed by atoms with E-state index in [1.54, 1.807) is 0 Å². The Morgan fingerprint density at radius 2 is 1.91 bits per heavy atom. The Morgan fingerprint density at radius 1 is 1.12 bits per heavy atom. The van der Waals surface area contributed by atoms with Crippen LogP contribution in [-0.2, 0) is 26.1 Å². The molecule has 0 unspecified atom stereocenters. The number of carbonyl (C=O) groups excluding carboxylic acids is 1. The third kappa shape index (κ3) is 5.30. The fourth-order valence-electron chi connectivity index (χ4n) is 3.82. The Morgan fingerprint density at radius 3 is 2.59 bits per heavy atom. The first-order valence-electron chi connectivity index (χ1n) is 10.8. The maximum atomic E-state index is 12.9. The predicted molar refractivity (Wildman–Crippen MR) is 121 cm³/mol. The van der Waals surface area contributed by atoms with Crippen molar-refractivity contribution in [1.82, 2.24) is 14.7 Å². The molecule has 2 aromatic carbocycles. The number of Topliss-reactive ketones (excluding diaryl/α,β-unsaturated/α-hetero) is 1. The fraction of sp³-hybridized carbons (Fsp3) is 0.320. The van der Waals surface area contributed by atoms with Gasteiger partial charge in [0.1, 0.15) is 18.9 Å². The maximum absolute atomic E-state index is 12.9. The lowest BCUT2D eigenvalue weighted by Gasteiger charge is -2.35. The molecule has 1 aliphatic rings. The van der Waals surface area contributed by atoms with Crippen molar-refractivity contribution in [3.63, 3.8) is 0 Å². The molecule has 0 amide bonds. The lowest BCUT2D eigenvalue weighted by atomic mass is 9.98. The molecule has 0 saturated carbocycles. The zero-order valence-corrected chi connectivity index (χ0v) is 18.1. The zero-order valence-electron chi connectivity index (χ0n) is 18.1. The number of carbonyl (C=O) groups is 1. The Balaban J connectivity index is 1.41. The lowest BCUT2D eigenvalue weighted by molar-refractivity contribution is -0.00287. The molecule has 4 rings (SSSR count). The van der Waals surface area contributed by atoms with Crippen molar-refractivity contribution in [3.05, 3.63) is 93.4 Å². The summed E-state index contributed by atoms with van der Waals surface area (Å²) in [7, 11) is 0. The zero-order chi connectivity index (χ0) is 22.5. The molecule has 1 aliphatic heterocycles. The number of nitrogens with zero attached hydrogens (tertiary/aromatic N) is 3. The average molecular weight is 434 g/mol. The summed E-state index contributed by atoms with van der Waals surface area (Å²) in [5.74, 6) is 0.220. The summed E-state index contributed by atoms with van der Waals surface area (Å²) in [5.41, 5.74) is 3.28. The van der Waals surface area contributed by atoms with E-state index >= 15 is 0 Å². The van der Waals surface area contributed by atoms with E-state index in [9.17, 15) is 14.7 Å². The van der Waals surface area contributed by atoms with Crippen LogP contribution in [0.3, 0.4) is 0 Å².